The van der Waals surface area contributed by atoms with Crippen LogP contribution < -0.4 is 9.75 Å². The minimum absolute atomic E-state index is 0.360. The Bertz CT molecular complexity index is 954. The van der Waals surface area contributed by atoms with Crippen LogP contribution in [-0.2, 0) is 6.54 Å². The number of nitrogens with one attached hydrogen (secondary N) is 1. The Kier molecular flexibility index (Phi) is 4.45. The second kappa shape index (κ2) is 7.06. The average Bonchev–Trinajstić information content (AvgIpc) is 3.32. The minimum atomic E-state index is -0.586. The summed E-state index contributed by atoms with van der Waals surface area (Å²) in [6.45, 7) is 0.825. The molecule has 138 valence electrons. The molecule has 8 heteroatoms. The molecule has 1 aromatic heterocycles. The standard InChI is InChI=1S/C19H17F2N5O/c1-27-19-7-17(2-3-18(19)14-8-22-23-9-14)26-12-25(11-24-26)10-13-4-15(20)6-16(21)5-13/h2-9,11H,10,12H2,1H3,(H,22,23). The van der Waals surface area contributed by atoms with Crippen LogP contribution in [0.25, 0.3) is 11.1 Å². The lowest BCUT2D eigenvalue weighted by Gasteiger charge is -2.20. The highest BCUT2D eigenvalue weighted by Gasteiger charge is 2.18. The zero-order chi connectivity index (χ0) is 18.8. The summed E-state index contributed by atoms with van der Waals surface area (Å²) in [6.07, 6.45) is 5.18. The summed E-state index contributed by atoms with van der Waals surface area (Å²) in [7, 11) is 1.61. The van der Waals surface area contributed by atoms with Gasteiger partial charge in [-0.3, -0.25) is 5.10 Å². The number of hydrogen-bond donors (Lipinski definition) is 1. The second-order valence-electron chi connectivity index (χ2n) is 6.17. The lowest BCUT2D eigenvalue weighted by molar-refractivity contribution is 0.415. The summed E-state index contributed by atoms with van der Waals surface area (Å²) >= 11 is 0. The van der Waals surface area contributed by atoms with Crippen LogP contribution in [0.2, 0.25) is 0 Å². The average molecular weight is 369 g/mol. The summed E-state index contributed by atoms with van der Waals surface area (Å²) in [4.78, 5) is 1.87. The first-order valence-corrected chi connectivity index (χ1v) is 8.30. The topological polar surface area (TPSA) is 56.8 Å². The first kappa shape index (κ1) is 17.0. The normalized spacial score (nSPS) is 13.4. The first-order chi connectivity index (χ1) is 13.1. The van der Waals surface area contributed by atoms with Crippen LogP contribution in [0.4, 0.5) is 14.5 Å². The number of hydrogen-bond acceptors (Lipinski definition) is 5. The third-order valence-corrected chi connectivity index (χ3v) is 4.27. The predicted molar refractivity (Wildman–Crippen MR) is 98.3 cm³/mol. The summed E-state index contributed by atoms with van der Waals surface area (Å²) in [5, 5.41) is 12.9. The summed E-state index contributed by atoms with van der Waals surface area (Å²) in [5.74, 6) is -0.468. The molecule has 0 bridgehead atoms. The molecule has 6 nitrogen and oxygen atoms in total. The summed E-state index contributed by atoms with van der Waals surface area (Å²) in [5.41, 5.74) is 3.25. The molecule has 2 heterocycles. The number of aromatic amines is 1. The van der Waals surface area contributed by atoms with Gasteiger partial charge < -0.3 is 9.64 Å². The summed E-state index contributed by atoms with van der Waals surface area (Å²) in [6, 6.07) is 9.28. The SMILES string of the molecule is COc1cc(N2CN(Cc3cc(F)cc(F)c3)C=N2)ccc1-c1cn[nH]c1. The number of methoxy groups -OCH3 is 1. The third kappa shape index (κ3) is 3.59. The van der Waals surface area contributed by atoms with Crippen LogP contribution >= 0.6 is 0 Å². The summed E-state index contributed by atoms with van der Waals surface area (Å²) < 4.78 is 32.2. The van der Waals surface area contributed by atoms with Crippen molar-refractivity contribution < 1.29 is 13.5 Å². The van der Waals surface area contributed by atoms with Crippen LogP contribution in [0.15, 0.2) is 53.9 Å². The van der Waals surface area contributed by atoms with E-state index in [1.165, 1.54) is 12.1 Å². The molecule has 3 aromatic rings. The molecule has 4 rings (SSSR count). The van der Waals surface area contributed by atoms with Crippen molar-refractivity contribution in [2.45, 2.75) is 6.54 Å². The van der Waals surface area contributed by atoms with Crippen molar-refractivity contribution in [3.63, 3.8) is 0 Å². The van der Waals surface area contributed by atoms with E-state index >= 15 is 0 Å². The van der Waals surface area contributed by atoms with E-state index in [1.54, 1.807) is 30.9 Å². The quantitative estimate of drug-likeness (QED) is 0.747. The van der Waals surface area contributed by atoms with Gasteiger partial charge in [-0.2, -0.15) is 10.2 Å². The molecule has 0 atom stereocenters. The van der Waals surface area contributed by atoms with Crippen molar-refractivity contribution in [2.24, 2.45) is 5.10 Å². The van der Waals surface area contributed by atoms with E-state index < -0.39 is 11.6 Å². The lowest BCUT2D eigenvalue weighted by Crippen LogP contribution is -2.26. The molecule has 0 spiro atoms. The molecule has 0 amide bonds. The fraction of sp³-hybridized carbons (Fsp3) is 0.158. The molecule has 0 saturated carbocycles. The van der Waals surface area contributed by atoms with E-state index in [0.29, 0.717) is 24.5 Å². The predicted octanol–water partition coefficient (Wildman–Crippen LogP) is 3.59. The molecule has 0 aliphatic carbocycles. The molecule has 0 fully saturated rings. The molecule has 0 radical (unpaired) electrons. The minimum Gasteiger partial charge on any atom is -0.496 e. The largest absolute Gasteiger partial charge is 0.496 e. The van der Waals surface area contributed by atoms with E-state index in [2.05, 4.69) is 15.3 Å². The Morgan fingerprint density at radius 3 is 2.67 bits per heavy atom. The fourth-order valence-corrected chi connectivity index (χ4v) is 3.03. The lowest BCUT2D eigenvalue weighted by atomic mass is 10.1. The highest BCUT2D eigenvalue weighted by atomic mass is 19.1. The van der Waals surface area contributed by atoms with Gasteiger partial charge in [-0.1, -0.05) is 0 Å². The number of ether oxygens (including phenoxy) is 1. The van der Waals surface area contributed by atoms with E-state index in [4.69, 9.17) is 4.74 Å². The van der Waals surface area contributed by atoms with Gasteiger partial charge in [0.2, 0.25) is 0 Å². The van der Waals surface area contributed by atoms with Gasteiger partial charge in [0.1, 0.15) is 30.4 Å². The number of aromatic nitrogens is 2. The van der Waals surface area contributed by atoms with Gasteiger partial charge in [0.15, 0.2) is 0 Å². The molecule has 0 saturated heterocycles. The molecule has 0 unspecified atom stereocenters. The Labute approximate surface area is 154 Å². The molecule has 1 aliphatic rings. The highest BCUT2D eigenvalue weighted by Crippen LogP contribution is 2.33. The number of nitrogens with zero attached hydrogens (tertiary/aromatic N) is 4. The van der Waals surface area contributed by atoms with Crippen molar-refractivity contribution in [1.29, 1.82) is 0 Å². The number of rotatable bonds is 5. The van der Waals surface area contributed by atoms with Crippen molar-refractivity contribution in [3.8, 4) is 16.9 Å². The van der Waals surface area contributed by atoms with E-state index in [1.807, 2.05) is 23.1 Å². The van der Waals surface area contributed by atoms with Gasteiger partial charge in [-0.15, -0.1) is 0 Å². The maximum atomic E-state index is 13.4. The Morgan fingerprint density at radius 2 is 1.96 bits per heavy atom. The molecule has 1 aliphatic heterocycles. The number of halogens is 2. The van der Waals surface area contributed by atoms with Crippen LogP contribution in [-0.4, -0.2) is 35.2 Å². The van der Waals surface area contributed by atoms with Crippen LogP contribution in [0.5, 0.6) is 5.75 Å². The van der Waals surface area contributed by atoms with E-state index in [0.717, 1.165) is 22.9 Å². The van der Waals surface area contributed by atoms with Gasteiger partial charge in [0, 0.05) is 36.0 Å². The van der Waals surface area contributed by atoms with E-state index in [-0.39, 0.29) is 0 Å². The van der Waals surface area contributed by atoms with E-state index in [9.17, 15) is 8.78 Å². The smallest absolute Gasteiger partial charge is 0.128 e. The molecule has 2 aromatic carbocycles. The zero-order valence-corrected chi connectivity index (χ0v) is 14.6. The number of hydrazone groups is 1. The maximum Gasteiger partial charge on any atom is 0.128 e. The van der Waals surface area contributed by atoms with Crippen molar-refractivity contribution in [2.75, 3.05) is 18.8 Å². The van der Waals surface area contributed by atoms with Gasteiger partial charge in [0.05, 0.1) is 19.0 Å². The van der Waals surface area contributed by atoms with Crippen LogP contribution in [0.1, 0.15) is 5.56 Å². The fourth-order valence-electron chi connectivity index (χ4n) is 3.03. The number of H-pyrrole nitrogens is 1. The van der Waals surface area contributed by atoms with Crippen molar-refractivity contribution >= 4 is 12.0 Å². The van der Waals surface area contributed by atoms with Gasteiger partial charge in [-0.25, -0.2) is 13.8 Å². The van der Waals surface area contributed by atoms with Gasteiger partial charge in [-0.05, 0) is 29.8 Å². The third-order valence-electron chi connectivity index (χ3n) is 4.27. The highest BCUT2D eigenvalue weighted by molar-refractivity contribution is 5.73. The Hall–Kier alpha value is -3.42. The number of benzene rings is 2. The Morgan fingerprint density at radius 1 is 1.15 bits per heavy atom. The molecular formula is C19H17F2N5O. The first-order valence-electron chi connectivity index (χ1n) is 8.30. The second-order valence-corrected chi connectivity index (χ2v) is 6.17. The monoisotopic (exact) mass is 369 g/mol. The Balaban J connectivity index is 1.50. The molecular weight excluding hydrogens is 352 g/mol. The molecule has 27 heavy (non-hydrogen) atoms. The van der Waals surface area contributed by atoms with Crippen molar-refractivity contribution in [3.05, 3.63) is 66.0 Å². The van der Waals surface area contributed by atoms with Crippen molar-refractivity contribution in [1.82, 2.24) is 15.1 Å². The van der Waals surface area contributed by atoms with Gasteiger partial charge >= 0.3 is 0 Å². The van der Waals surface area contributed by atoms with Gasteiger partial charge in [0.25, 0.3) is 0 Å². The molecule has 1 N–H and O–H groups in total. The zero-order valence-electron chi connectivity index (χ0n) is 14.6. The maximum absolute atomic E-state index is 13.4. The number of anilines is 1. The van der Waals surface area contributed by atoms with Crippen LogP contribution in [0, 0.1) is 11.6 Å². The van der Waals surface area contributed by atoms with Crippen LogP contribution in [0.3, 0.4) is 0 Å².